The van der Waals surface area contributed by atoms with E-state index in [9.17, 15) is 24.3 Å². The number of hydrogen-bond acceptors (Lipinski definition) is 7. The Kier molecular flexibility index (Phi) is 5.37. The topological polar surface area (TPSA) is 137 Å². The first-order valence-electron chi connectivity index (χ1n) is 8.18. The van der Waals surface area contributed by atoms with Gasteiger partial charge in [-0.3, -0.25) is 19.3 Å². The average Bonchev–Trinajstić information content (AvgIpc) is 2.69. The first-order valence-corrected chi connectivity index (χ1v) is 9.22. The van der Waals surface area contributed by atoms with Gasteiger partial charge in [-0.2, -0.15) is 5.26 Å². The normalized spacial score (nSPS) is 20.6. The SMILES string of the molecule is CC(=O)OCC1=C(C(=O)O)N2C(=O)C(NC(=O)c3ccc(C#N)cc3)C2SC1. The molecule has 144 valence electrons. The van der Waals surface area contributed by atoms with Gasteiger partial charge in [0.25, 0.3) is 11.8 Å². The molecule has 0 saturated carbocycles. The Hall–Kier alpha value is -3.32. The van der Waals surface area contributed by atoms with Gasteiger partial charge in [0.2, 0.25) is 0 Å². The molecule has 28 heavy (non-hydrogen) atoms. The van der Waals surface area contributed by atoms with Crippen molar-refractivity contribution in [2.75, 3.05) is 12.4 Å². The van der Waals surface area contributed by atoms with Crippen LogP contribution in [0.2, 0.25) is 0 Å². The van der Waals surface area contributed by atoms with Crippen LogP contribution in [-0.2, 0) is 19.1 Å². The molecule has 0 bridgehead atoms. The predicted molar refractivity (Wildman–Crippen MR) is 96.8 cm³/mol. The fraction of sp³-hybridized carbons (Fsp3) is 0.278. The van der Waals surface area contributed by atoms with Gasteiger partial charge in [0.15, 0.2) is 0 Å². The van der Waals surface area contributed by atoms with Gasteiger partial charge in [-0.05, 0) is 24.3 Å². The van der Waals surface area contributed by atoms with Crippen molar-refractivity contribution in [3.63, 3.8) is 0 Å². The van der Waals surface area contributed by atoms with Gasteiger partial charge in [0, 0.05) is 23.8 Å². The number of hydrogen-bond donors (Lipinski definition) is 2. The molecule has 1 aromatic rings. The number of aliphatic carboxylic acids is 1. The molecular weight excluding hydrogens is 386 g/mol. The molecular formula is C18H15N3O6S. The molecule has 0 radical (unpaired) electrons. The Balaban J connectivity index is 1.74. The van der Waals surface area contributed by atoms with Gasteiger partial charge in [-0.25, -0.2) is 4.79 Å². The van der Waals surface area contributed by atoms with Gasteiger partial charge >= 0.3 is 11.9 Å². The third-order valence-corrected chi connectivity index (χ3v) is 5.60. The maximum atomic E-state index is 12.5. The lowest BCUT2D eigenvalue weighted by Gasteiger charge is -2.49. The number of nitrogens with zero attached hydrogens (tertiary/aromatic N) is 2. The second-order valence-electron chi connectivity index (χ2n) is 6.09. The summed E-state index contributed by atoms with van der Waals surface area (Å²) in [5.41, 5.74) is 0.811. The van der Waals surface area contributed by atoms with E-state index in [0.717, 1.165) is 4.90 Å². The van der Waals surface area contributed by atoms with Gasteiger partial charge in [-0.1, -0.05) is 0 Å². The van der Waals surface area contributed by atoms with Crippen LogP contribution in [0.25, 0.3) is 0 Å². The van der Waals surface area contributed by atoms with Gasteiger partial charge in [0.05, 0.1) is 11.6 Å². The zero-order valence-corrected chi connectivity index (χ0v) is 15.5. The number of amides is 2. The Morgan fingerprint density at radius 2 is 2.04 bits per heavy atom. The third kappa shape index (κ3) is 3.57. The Labute approximate surface area is 163 Å². The van der Waals surface area contributed by atoms with E-state index >= 15 is 0 Å². The molecule has 0 aliphatic carbocycles. The number of carboxylic acid groups (broad SMARTS) is 1. The minimum atomic E-state index is -1.29. The monoisotopic (exact) mass is 401 g/mol. The van der Waals surface area contributed by atoms with E-state index in [0.29, 0.717) is 11.1 Å². The van der Waals surface area contributed by atoms with Crippen LogP contribution in [0.3, 0.4) is 0 Å². The lowest BCUT2D eigenvalue weighted by molar-refractivity contribution is -0.149. The highest BCUT2D eigenvalue weighted by atomic mass is 32.2. The van der Waals surface area contributed by atoms with Gasteiger partial charge in [-0.15, -0.1) is 11.8 Å². The molecule has 2 unspecified atom stereocenters. The van der Waals surface area contributed by atoms with E-state index in [-0.39, 0.29) is 23.6 Å². The molecule has 9 nitrogen and oxygen atoms in total. The number of nitriles is 1. The summed E-state index contributed by atoms with van der Waals surface area (Å²) in [7, 11) is 0. The highest BCUT2D eigenvalue weighted by Gasteiger charge is 2.54. The van der Waals surface area contributed by atoms with Crippen LogP contribution < -0.4 is 5.32 Å². The molecule has 0 spiro atoms. The highest BCUT2D eigenvalue weighted by molar-refractivity contribution is 8.00. The molecule has 1 aromatic carbocycles. The van der Waals surface area contributed by atoms with E-state index in [1.54, 1.807) is 0 Å². The fourth-order valence-corrected chi connectivity index (χ4v) is 4.23. The van der Waals surface area contributed by atoms with Crippen molar-refractivity contribution in [1.29, 1.82) is 5.26 Å². The van der Waals surface area contributed by atoms with Crippen LogP contribution in [0.4, 0.5) is 0 Å². The number of esters is 1. The number of benzene rings is 1. The van der Waals surface area contributed by atoms with Crippen LogP contribution in [0, 0.1) is 11.3 Å². The number of rotatable bonds is 5. The van der Waals surface area contributed by atoms with E-state index in [1.807, 2.05) is 6.07 Å². The molecule has 1 fully saturated rings. The zero-order valence-electron chi connectivity index (χ0n) is 14.7. The molecule has 2 heterocycles. The minimum Gasteiger partial charge on any atom is -0.477 e. The Morgan fingerprint density at radius 1 is 1.36 bits per heavy atom. The number of fused-ring (bicyclic) bond motifs is 1. The highest BCUT2D eigenvalue weighted by Crippen LogP contribution is 2.40. The van der Waals surface area contributed by atoms with Crippen molar-refractivity contribution >= 4 is 35.5 Å². The van der Waals surface area contributed by atoms with Crippen LogP contribution in [0.15, 0.2) is 35.5 Å². The lowest BCUT2D eigenvalue weighted by Crippen LogP contribution is -2.70. The molecule has 0 aromatic heterocycles. The van der Waals surface area contributed by atoms with E-state index in [1.165, 1.54) is 43.0 Å². The van der Waals surface area contributed by atoms with Crippen LogP contribution in [-0.4, -0.2) is 57.5 Å². The van der Waals surface area contributed by atoms with E-state index < -0.39 is 35.2 Å². The summed E-state index contributed by atoms with van der Waals surface area (Å²) in [6.07, 6.45) is 0. The summed E-state index contributed by atoms with van der Waals surface area (Å²) in [6, 6.07) is 7.02. The summed E-state index contributed by atoms with van der Waals surface area (Å²) in [6.45, 7) is 1.01. The quantitative estimate of drug-likeness (QED) is 0.537. The average molecular weight is 401 g/mol. The number of thioether (sulfide) groups is 1. The van der Waals surface area contributed by atoms with Crippen molar-refractivity contribution in [1.82, 2.24) is 10.2 Å². The number of nitrogens with one attached hydrogen (secondary N) is 1. The largest absolute Gasteiger partial charge is 0.477 e. The smallest absolute Gasteiger partial charge is 0.352 e. The standard InChI is InChI=1S/C18H15N3O6S/c1-9(22)27-7-12-8-28-17-13(16(24)21(17)14(12)18(25)26)20-15(23)11-4-2-10(6-19)3-5-11/h2-5,13,17H,7-8H2,1H3,(H,20,23)(H,25,26). The van der Waals surface area contributed by atoms with E-state index in [4.69, 9.17) is 10.00 Å². The summed E-state index contributed by atoms with van der Waals surface area (Å²) in [4.78, 5) is 48.6. The molecule has 2 amide bonds. The molecule has 2 aliphatic rings. The summed E-state index contributed by atoms with van der Waals surface area (Å²) < 4.78 is 4.87. The van der Waals surface area contributed by atoms with Crippen LogP contribution >= 0.6 is 11.8 Å². The van der Waals surface area contributed by atoms with Crippen molar-refractivity contribution in [2.45, 2.75) is 18.3 Å². The molecule has 10 heteroatoms. The number of carbonyl (C=O) groups excluding carboxylic acids is 3. The summed E-state index contributed by atoms with van der Waals surface area (Å²) in [5, 5.41) is 20.3. The fourth-order valence-electron chi connectivity index (χ4n) is 2.90. The van der Waals surface area contributed by atoms with Gasteiger partial charge < -0.3 is 15.2 Å². The molecule has 2 aliphatic heterocycles. The third-order valence-electron chi connectivity index (χ3n) is 4.26. The number of β-lactam (4-membered cyclic amide) rings is 1. The van der Waals surface area contributed by atoms with Gasteiger partial charge in [0.1, 0.15) is 23.7 Å². The Morgan fingerprint density at radius 3 is 2.61 bits per heavy atom. The number of carbonyl (C=O) groups is 4. The molecule has 3 rings (SSSR count). The van der Waals surface area contributed by atoms with Crippen molar-refractivity contribution in [3.05, 3.63) is 46.7 Å². The Bertz CT molecular complexity index is 934. The summed E-state index contributed by atoms with van der Waals surface area (Å²) >= 11 is 1.28. The lowest BCUT2D eigenvalue weighted by atomic mass is 10.0. The van der Waals surface area contributed by atoms with Crippen LogP contribution in [0.5, 0.6) is 0 Å². The second-order valence-corrected chi connectivity index (χ2v) is 7.19. The minimum absolute atomic E-state index is 0.206. The van der Waals surface area contributed by atoms with Crippen molar-refractivity contribution in [3.8, 4) is 6.07 Å². The summed E-state index contributed by atoms with van der Waals surface area (Å²) in [5.74, 6) is -2.62. The molecule has 2 N–H and O–H groups in total. The first-order chi connectivity index (χ1) is 13.3. The second kappa shape index (κ2) is 7.74. The van der Waals surface area contributed by atoms with Crippen LogP contribution in [0.1, 0.15) is 22.8 Å². The maximum absolute atomic E-state index is 12.5. The first kappa shape index (κ1) is 19.4. The van der Waals surface area contributed by atoms with Crippen molar-refractivity contribution < 1.29 is 29.0 Å². The van der Waals surface area contributed by atoms with E-state index in [2.05, 4.69) is 5.32 Å². The predicted octanol–water partition coefficient (Wildman–Crippen LogP) is 0.474. The molecule has 1 saturated heterocycles. The van der Waals surface area contributed by atoms with Crippen molar-refractivity contribution in [2.24, 2.45) is 0 Å². The molecule has 2 atom stereocenters. The number of carboxylic acids is 1. The zero-order chi connectivity index (χ0) is 20.4. The number of ether oxygens (including phenoxy) is 1. The maximum Gasteiger partial charge on any atom is 0.352 e.